The second kappa shape index (κ2) is 5.89. The Labute approximate surface area is 116 Å². The number of phenolic OH excluding ortho intramolecular Hbond substituents is 1. The zero-order valence-electron chi connectivity index (χ0n) is 11.0. The lowest BCUT2D eigenvalue weighted by Gasteiger charge is -2.13. The summed E-state index contributed by atoms with van der Waals surface area (Å²) < 4.78 is 0. The summed E-state index contributed by atoms with van der Waals surface area (Å²) in [6, 6.07) is 10.8. The Morgan fingerprint density at radius 2 is 2.05 bits per heavy atom. The van der Waals surface area contributed by atoms with Gasteiger partial charge < -0.3 is 10.4 Å². The van der Waals surface area contributed by atoms with E-state index in [4.69, 9.17) is 0 Å². The van der Waals surface area contributed by atoms with E-state index in [0.717, 1.165) is 6.42 Å². The molecule has 0 saturated carbocycles. The molecule has 2 rings (SSSR count). The first-order valence-electron chi connectivity index (χ1n) is 6.20. The summed E-state index contributed by atoms with van der Waals surface area (Å²) in [5.41, 5.74) is 0.316. The second-order valence-corrected chi connectivity index (χ2v) is 5.98. The van der Waals surface area contributed by atoms with Gasteiger partial charge in [0.1, 0.15) is 5.75 Å². The van der Waals surface area contributed by atoms with Crippen molar-refractivity contribution in [3.8, 4) is 5.75 Å². The maximum absolute atomic E-state index is 12.0. The molecule has 1 amide bonds. The van der Waals surface area contributed by atoms with E-state index < -0.39 is 0 Å². The Hall–Kier alpha value is -1.81. The minimum absolute atomic E-state index is 0.0131. The quantitative estimate of drug-likeness (QED) is 0.900. The molecule has 0 saturated heterocycles. The molecule has 0 radical (unpaired) electrons. The van der Waals surface area contributed by atoms with Gasteiger partial charge in [-0.1, -0.05) is 12.1 Å². The first-order chi connectivity index (χ1) is 9.06. The van der Waals surface area contributed by atoms with E-state index in [1.165, 1.54) is 15.8 Å². The highest BCUT2D eigenvalue weighted by molar-refractivity contribution is 7.11. The summed E-state index contributed by atoms with van der Waals surface area (Å²) in [4.78, 5) is 14.5. The number of aromatic hydroxyl groups is 1. The molecule has 0 aliphatic rings. The second-order valence-electron chi connectivity index (χ2n) is 4.61. The molecule has 1 aromatic heterocycles. The molecule has 0 bridgehead atoms. The standard InChI is InChI=1S/C15H17NO2S/c1-10(9-12-8-7-11(2)19-12)16-15(18)13-5-3-4-6-14(13)17/h3-8,10,17H,9H2,1-2H3,(H,16,18). The van der Waals surface area contributed by atoms with E-state index in [1.54, 1.807) is 29.5 Å². The van der Waals surface area contributed by atoms with Crippen LogP contribution in [0.2, 0.25) is 0 Å². The van der Waals surface area contributed by atoms with Crippen molar-refractivity contribution in [2.45, 2.75) is 26.3 Å². The lowest BCUT2D eigenvalue weighted by molar-refractivity contribution is 0.0937. The van der Waals surface area contributed by atoms with Crippen LogP contribution in [0, 0.1) is 6.92 Å². The van der Waals surface area contributed by atoms with Gasteiger partial charge in [0, 0.05) is 22.2 Å². The van der Waals surface area contributed by atoms with E-state index >= 15 is 0 Å². The first-order valence-corrected chi connectivity index (χ1v) is 7.02. The van der Waals surface area contributed by atoms with Gasteiger partial charge in [-0.2, -0.15) is 0 Å². The fourth-order valence-corrected chi connectivity index (χ4v) is 2.93. The van der Waals surface area contributed by atoms with Crippen LogP contribution in [0.3, 0.4) is 0 Å². The molecule has 2 N–H and O–H groups in total. The average Bonchev–Trinajstić information content (AvgIpc) is 2.74. The van der Waals surface area contributed by atoms with Gasteiger partial charge in [-0.3, -0.25) is 4.79 Å². The van der Waals surface area contributed by atoms with Crippen LogP contribution in [-0.4, -0.2) is 17.1 Å². The van der Waals surface area contributed by atoms with E-state index in [1.807, 2.05) is 6.92 Å². The van der Waals surface area contributed by atoms with Gasteiger partial charge in [0.05, 0.1) is 5.56 Å². The number of phenols is 1. The number of benzene rings is 1. The summed E-state index contributed by atoms with van der Waals surface area (Å²) in [6.45, 7) is 4.03. The van der Waals surface area contributed by atoms with E-state index in [9.17, 15) is 9.90 Å². The molecule has 4 heteroatoms. The van der Waals surface area contributed by atoms with Crippen molar-refractivity contribution in [2.24, 2.45) is 0 Å². The normalized spacial score (nSPS) is 12.1. The number of hydrogen-bond acceptors (Lipinski definition) is 3. The maximum Gasteiger partial charge on any atom is 0.255 e. The predicted molar refractivity (Wildman–Crippen MR) is 77.8 cm³/mol. The van der Waals surface area contributed by atoms with Crippen molar-refractivity contribution in [2.75, 3.05) is 0 Å². The van der Waals surface area contributed by atoms with Crippen LogP contribution in [0.5, 0.6) is 5.75 Å². The largest absolute Gasteiger partial charge is 0.507 e. The van der Waals surface area contributed by atoms with Crippen molar-refractivity contribution in [3.05, 3.63) is 51.7 Å². The van der Waals surface area contributed by atoms with Crippen LogP contribution in [0.1, 0.15) is 27.0 Å². The summed E-state index contributed by atoms with van der Waals surface area (Å²) in [6.07, 6.45) is 0.803. The van der Waals surface area contributed by atoms with Gasteiger partial charge in [-0.05, 0) is 38.1 Å². The Balaban J connectivity index is 1.97. The summed E-state index contributed by atoms with van der Waals surface area (Å²) >= 11 is 1.74. The van der Waals surface area contributed by atoms with Crippen molar-refractivity contribution < 1.29 is 9.90 Å². The van der Waals surface area contributed by atoms with Crippen molar-refractivity contribution in [3.63, 3.8) is 0 Å². The molecular formula is C15H17NO2S. The van der Waals surface area contributed by atoms with Crippen LogP contribution >= 0.6 is 11.3 Å². The molecular weight excluding hydrogens is 258 g/mol. The topological polar surface area (TPSA) is 49.3 Å². The number of rotatable bonds is 4. The number of para-hydroxylation sites is 1. The Kier molecular flexibility index (Phi) is 4.22. The zero-order valence-corrected chi connectivity index (χ0v) is 11.8. The Morgan fingerprint density at radius 3 is 2.68 bits per heavy atom. The number of carbonyl (C=O) groups is 1. The Morgan fingerprint density at radius 1 is 1.32 bits per heavy atom. The van der Waals surface area contributed by atoms with Crippen molar-refractivity contribution >= 4 is 17.2 Å². The van der Waals surface area contributed by atoms with Crippen LogP contribution < -0.4 is 5.32 Å². The molecule has 1 aromatic carbocycles. The third-order valence-electron chi connectivity index (χ3n) is 2.83. The van der Waals surface area contributed by atoms with Gasteiger partial charge in [0.2, 0.25) is 0 Å². The van der Waals surface area contributed by atoms with Crippen LogP contribution in [-0.2, 0) is 6.42 Å². The predicted octanol–water partition coefficient (Wildman–Crippen LogP) is 3.12. The average molecular weight is 275 g/mol. The molecule has 0 aliphatic heterocycles. The van der Waals surface area contributed by atoms with Crippen molar-refractivity contribution in [1.29, 1.82) is 0 Å². The lowest BCUT2D eigenvalue weighted by Crippen LogP contribution is -2.33. The number of amides is 1. The van der Waals surface area contributed by atoms with Crippen LogP contribution in [0.15, 0.2) is 36.4 Å². The van der Waals surface area contributed by atoms with Gasteiger partial charge >= 0.3 is 0 Å². The number of carbonyl (C=O) groups excluding carboxylic acids is 1. The molecule has 1 heterocycles. The highest BCUT2D eigenvalue weighted by Crippen LogP contribution is 2.18. The molecule has 1 unspecified atom stereocenters. The molecule has 2 aromatic rings. The molecule has 3 nitrogen and oxygen atoms in total. The van der Waals surface area contributed by atoms with Crippen LogP contribution in [0.4, 0.5) is 0 Å². The van der Waals surface area contributed by atoms with Crippen molar-refractivity contribution in [1.82, 2.24) is 5.32 Å². The number of aryl methyl sites for hydroxylation is 1. The molecule has 19 heavy (non-hydrogen) atoms. The minimum Gasteiger partial charge on any atom is -0.507 e. The smallest absolute Gasteiger partial charge is 0.255 e. The molecule has 0 fully saturated rings. The third kappa shape index (κ3) is 3.58. The number of hydrogen-bond donors (Lipinski definition) is 2. The van der Waals surface area contributed by atoms with E-state index in [0.29, 0.717) is 5.56 Å². The molecule has 0 aliphatic carbocycles. The summed E-state index contributed by atoms with van der Waals surface area (Å²) in [5.74, 6) is -0.224. The van der Waals surface area contributed by atoms with Crippen LogP contribution in [0.25, 0.3) is 0 Å². The first kappa shape index (κ1) is 13.6. The van der Waals surface area contributed by atoms with Gasteiger partial charge in [-0.15, -0.1) is 11.3 Å². The van der Waals surface area contributed by atoms with E-state index in [-0.39, 0.29) is 17.7 Å². The van der Waals surface area contributed by atoms with E-state index in [2.05, 4.69) is 24.4 Å². The lowest BCUT2D eigenvalue weighted by atomic mass is 10.1. The molecule has 100 valence electrons. The van der Waals surface area contributed by atoms with Gasteiger partial charge in [0.25, 0.3) is 5.91 Å². The maximum atomic E-state index is 12.0. The fourth-order valence-electron chi connectivity index (χ4n) is 1.91. The number of nitrogens with one attached hydrogen (secondary N) is 1. The number of thiophene rings is 1. The summed E-state index contributed by atoms with van der Waals surface area (Å²) in [7, 11) is 0. The molecule has 0 spiro atoms. The summed E-state index contributed by atoms with van der Waals surface area (Å²) in [5, 5.41) is 12.5. The fraction of sp³-hybridized carbons (Fsp3) is 0.267. The highest BCUT2D eigenvalue weighted by atomic mass is 32.1. The van der Waals surface area contributed by atoms with Gasteiger partial charge in [-0.25, -0.2) is 0 Å². The SMILES string of the molecule is Cc1ccc(CC(C)NC(=O)c2ccccc2O)s1. The monoisotopic (exact) mass is 275 g/mol. The van der Waals surface area contributed by atoms with Gasteiger partial charge in [0.15, 0.2) is 0 Å². The minimum atomic E-state index is -0.237. The molecule has 1 atom stereocenters. The zero-order chi connectivity index (χ0) is 13.8. The third-order valence-corrected chi connectivity index (χ3v) is 3.85. The Bertz CT molecular complexity index is 577. The highest BCUT2D eigenvalue weighted by Gasteiger charge is 2.13.